The number of nitrogens with zero attached hydrogens (tertiary/aromatic N) is 2. The number of guanidine groups is 1. The fourth-order valence-electron chi connectivity index (χ4n) is 3.13. The van der Waals surface area contributed by atoms with Crippen molar-refractivity contribution in [3.63, 3.8) is 0 Å². The second kappa shape index (κ2) is 10.1. The maximum Gasteiger partial charge on any atom is 0.244 e. The van der Waals surface area contributed by atoms with Crippen molar-refractivity contribution in [2.45, 2.75) is 39.5 Å². The third-order valence-corrected chi connectivity index (χ3v) is 4.75. The number of rotatable bonds is 7. The van der Waals surface area contributed by atoms with Gasteiger partial charge in [-0.3, -0.25) is 4.79 Å². The van der Waals surface area contributed by atoms with E-state index in [2.05, 4.69) is 54.5 Å². The summed E-state index contributed by atoms with van der Waals surface area (Å²) in [5.74, 6) is 1.73. The highest BCUT2D eigenvalue weighted by Gasteiger charge is 2.22. The number of piperidine rings is 1. The summed E-state index contributed by atoms with van der Waals surface area (Å²) in [5, 5.41) is 3.06. The van der Waals surface area contributed by atoms with Crippen molar-refractivity contribution in [3.05, 3.63) is 35.9 Å². The van der Waals surface area contributed by atoms with Crippen LogP contribution in [0.4, 0.5) is 0 Å². The zero-order valence-corrected chi connectivity index (χ0v) is 15.6. The Labute approximate surface area is 151 Å². The number of benzene rings is 1. The maximum atomic E-state index is 12.3. The van der Waals surface area contributed by atoms with Gasteiger partial charge in [-0.05, 0) is 43.1 Å². The molecule has 1 aromatic carbocycles. The lowest BCUT2D eigenvalue weighted by molar-refractivity contribution is -0.130. The SMILES string of the molecule is CC(C)CCNC(N)=NCC(=O)N1CCC(Cc2ccccc2)CC1. The summed E-state index contributed by atoms with van der Waals surface area (Å²) in [6, 6.07) is 10.6. The monoisotopic (exact) mass is 344 g/mol. The van der Waals surface area contributed by atoms with Crippen molar-refractivity contribution in [2.75, 3.05) is 26.2 Å². The zero-order valence-electron chi connectivity index (χ0n) is 15.6. The average Bonchev–Trinajstić information content (AvgIpc) is 2.61. The molecule has 0 unspecified atom stereocenters. The van der Waals surface area contributed by atoms with Crippen LogP contribution in [0, 0.1) is 11.8 Å². The van der Waals surface area contributed by atoms with Crippen LogP contribution in [0.15, 0.2) is 35.3 Å². The predicted octanol–water partition coefficient (Wildman–Crippen LogP) is 2.42. The van der Waals surface area contributed by atoms with Crippen LogP contribution in [-0.4, -0.2) is 42.9 Å². The number of nitrogens with two attached hydrogens (primary N) is 1. The molecule has 0 bridgehead atoms. The number of carbonyl (C=O) groups excluding carboxylic acids is 1. The summed E-state index contributed by atoms with van der Waals surface area (Å²) in [6.07, 6.45) is 4.27. The van der Waals surface area contributed by atoms with E-state index in [4.69, 9.17) is 5.73 Å². The Morgan fingerprint density at radius 3 is 2.60 bits per heavy atom. The van der Waals surface area contributed by atoms with E-state index in [0.29, 0.717) is 17.8 Å². The lowest BCUT2D eigenvalue weighted by Crippen LogP contribution is -2.41. The molecule has 138 valence electrons. The Morgan fingerprint density at radius 1 is 1.28 bits per heavy atom. The fourth-order valence-corrected chi connectivity index (χ4v) is 3.13. The molecule has 1 heterocycles. The molecule has 1 aliphatic heterocycles. The van der Waals surface area contributed by atoms with Crippen LogP contribution < -0.4 is 11.1 Å². The highest BCUT2D eigenvalue weighted by atomic mass is 16.2. The van der Waals surface area contributed by atoms with E-state index in [1.54, 1.807) is 0 Å². The van der Waals surface area contributed by atoms with Crippen molar-refractivity contribution in [3.8, 4) is 0 Å². The predicted molar refractivity (Wildman–Crippen MR) is 103 cm³/mol. The molecule has 0 spiro atoms. The Hall–Kier alpha value is -2.04. The quantitative estimate of drug-likeness (QED) is 0.589. The first kappa shape index (κ1) is 19.3. The van der Waals surface area contributed by atoms with Crippen LogP contribution in [0.2, 0.25) is 0 Å². The first-order valence-corrected chi connectivity index (χ1v) is 9.40. The van der Waals surface area contributed by atoms with Crippen molar-refractivity contribution >= 4 is 11.9 Å². The molecule has 0 aromatic heterocycles. The number of carbonyl (C=O) groups is 1. The van der Waals surface area contributed by atoms with E-state index in [1.165, 1.54) is 5.56 Å². The van der Waals surface area contributed by atoms with Gasteiger partial charge in [-0.1, -0.05) is 44.2 Å². The maximum absolute atomic E-state index is 12.3. The molecule has 1 aromatic rings. The first-order chi connectivity index (χ1) is 12.0. The van der Waals surface area contributed by atoms with Gasteiger partial charge in [0.1, 0.15) is 6.54 Å². The summed E-state index contributed by atoms with van der Waals surface area (Å²) in [4.78, 5) is 18.4. The number of hydrogen-bond donors (Lipinski definition) is 2. The van der Waals surface area contributed by atoms with Gasteiger partial charge >= 0.3 is 0 Å². The molecule has 1 amide bonds. The van der Waals surface area contributed by atoms with Crippen LogP contribution in [0.5, 0.6) is 0 Å². The van der Waals surface area contributed by atoms with Gasteiger partial charge in [0.2, 0.25) is 5.91 Å². The molecule has 0 radical (unpaired) electrons. The summed E-state index contributed by atoms with van der Waals surface area (Å²) < 4.78 is 0. The summed E-state index contributed by atoms with van der Waals surface area (Å²) in [6.45, 7) is 6.93. The van der Waals surface area contributed by atoms with Crippen LogP contribution in [0.3, 0.4) is 0 Å². The number of hydrogen-bond acceptors (Lipinski definition) is 2. The van der Waals surface area contributed by atoms with Gasteiger partial charge < -0.3 is 16.0 Å². The highest BCUT2D eigenvalue weighted by molar-refractivity contribution is 5.84. The topological polar surface area (TPSA) is 70.7 Å². The number of nitrogens with one attached hydrogen (secondary N) is 1. The second-order valence-corrected chi connectivity index (χ2v) is 7.32. The smallest absolute Gasteiger partial charge is 0.244 e. The van der Waals surface area contributed by atoms with Crippen LogP contribution in [0.25, 0.3) is 0 Å². The standard InChI is InChI=1S/C20H32N4O/c1-16(2)8-11-22-20(21)23-15-19(25)24-12-9-18(10-13-24)14-17-6-4-3-5-7-17/h3-7,16,18H,8-15H2,1-2H3,(H3,21,22,23). The van der Waals surface area contributed by atoms with E-state index < -0.39 is 0 Å². The number of likely N-dealkylation sites (tertiary alicyclic amines) is 1. The van der Waals surface area contributed by atoms with Crippen molar-refractivity contribution < 1.29 is 4.79 Å². The van der Waals surface area contributed by atoms with Gasteiger partial charge in [-0.15, -0.1) is 0 Å². The van der Waals surface area contributed by atoms with Gasteiger partial charge in [-0.2, -0.15) is 0 Å². The minimum atomic E-state index is 0.0757. The third-order valence-electron chi connectivity index (χ3n) is 4.75. The fraction of sp³-hybridized carbons (Fsp3) is 0.600. The van der Waals surface area contributed by atoms with Crippen LogP contribution in [0.1, 0.15) is 38.7 Å². The van der Waals surface area contributed by atoms with Gasteiger partial charge in [0, 0.05) is 19.6 Å². The van der Waals surface area contributed by atoms with Gasteiger partial charge in [0.25, 0.3) is 0 Å². The molecule has 0 aliphatic carbocycles. The second-order valence-electron chi connectivity index (χ2n) is 7.32. The largest absolute Gasteiger partial charge is 0.370 e. The molecular weight excluding hydrogens is 312 g/mol. The normalized spacial score (nSPS) is 16.3. The average molecular weight is 345 g/mol. The molecule has 3 N–H and O–H groups in total. The van der Waals surface area contributed by atoms with Crippen LogP contribution >= 0.6 is 0 Å². The molecule has 0 atom stereocenters. The van der Waals surface area contributed by atoms with E-state index in [0.717, 1.165) is 45.3 Å². The van der Waals surface area contributed by atoms with Crippen molar-refractivity contribution in [1.29, 1.82) is 0 Å². The number of amides is 1. The van der Waals surface area contributed by atoms with Gasteiger partial charge in [-0.25, -0.2) is 4.99 Å². The Bertz CT molecular complexity index is 548. The summed E-state index contributed by atoms with van der Waals surface area (Å²) in [5.41, 5.74) is 7.20. The summed E-state index contributed by atoms with van der Waals surface area (Å²) in [7, 11) is 0. The highest BCUT2D eigenvalue weighted by Crippen LogP contribution is 2.21. The van der Waals surface area contributed by atoms with E-state index in [1.807, 2.05) is 4.90 Å². The molecule has 1 saturated heterocycles. The first-order valence-electron chi connectivity index (χ1n) is 9.40. The molecule has 1 fully saturated rings. The molecule has 2 rings (SSSR count). The Morgan fingerprint density at radius 2 is 1.96 bits per heavy atom. The van der Waals surface area contributed by atoms with E-state index in [-0.39, 0.29) is 12.5 Å². The van der Waals surface area contributed by atoms with Crippen LogP contribution in [-0.2, 0) is 11.2 Å². The zero-order chi connectivity index (χ0) is 18.1. The Balaban J connectivity index is 1.68. The molecule has 1 aliphatic rings. The van der Waals surface area contributed by atoms with Crippen molar-refractivity contribution in [1.82, 2.24) is 10.2 Å². The Kier molecular flexibility index (Phi) is 7.76. The number of aliphatic imine (C=N–C) groups is 1. The third kappa shape index (κ3) is 7.16. The van der Waals surface area contributed by atoms with Crippen molar-refractivity contribution in [2.24, 2.45) is 22.6 Å². The molecule has 5 heteroatoms. The van der Waals surface area contributed by atoms with Gasteiger partial charge in [0.05, 0.1) is 0 Å². The molecule has 25 heavy (non-hydrogen) atoms. The van der Waals surface area contributed by atoms with Gasteiger partial charge in [0.15, 0.2) is 5.96 Å². The lowest BCUT2D eigenvalue weighted by atomic mass is 9.90. The van der Waals surface area contributed by atoms with E-state index in [9.17, 15) is 4.79 Å². The molecular formula is C20H32N4O. The minimum Gasteiger partial charge on any atom is -0.370 e. The summed E-state index contributed by atoms with van der Waals surface area (Å²) >= 11 is 0. The lowest BCUT2D eigenvalue weighted by Gasteiger charge is -2.31. The molecule has 5 nitrogen and oxygen atoms in total. The van der Waals surface area contributed by atoms with E-state index >= 15 is 0 Å². The minimum absolute atomic E-state index is 0.0757. The molecule has 0 saturated carbocycles.